The summed E-state index contributed by atoms with van der Waals surface area (Å²) in [5.74, 6) is -3.46. The predicted octanol–water partition coefficient (Wildman–Crippen LogP) is 3.01. The lowest BCUT2D eigenvalue weighted by Gasteiger charge is -2.29. The van der Waals surface area contributed by atoms with Crippen molar-refractivity contribution < 1.29 is 17.9 Å². The van der Waals surface area contributed by atoms with Gasteiger partial charge in [-0.15, -0.1) is 0 Å². The van der Waals surface area contributed by atoms with Crippen molar-refractivity contribution in [3.05, 3.63) is 29.6 Å². The van der Waals surface area contributed by atoms with Gasteiger partial charge < -0.3 is 10.1 Å². The molecular formula is C13H16F3NO. The summed E-state index contributed by atoms with van der Waals surface area (Å²) in [6, 6.07) is 1.32. The molecule has 1 fully saturated rings. The van der Waals surface area contributed by atoms with Crippen LogP contribution in [0.3, 0.4) is 0 Å². The minimum atomic E-state index is -1.00. The largest absolute Gasteiger partial charge is 0.483 e. The summed E-state index contributed by atoms with van der Waals surface area (Å²) in [6.07, 6.45) is 2.72. The van der Waals surface area contributed by atoms with Gasteiger partial charge >= 0.3 is 0 Å². The van der Waals surface area contributed by atoms with Crippen molar-refractivity contribution in [1.82, 2.24) is 5.32 Å². The van der Waals surface area contributed by atoms with E-state index in [1.807, 2.05) is 0 Å². The van der Waals surface area contributed by atoms with Crippen molar-refractivity contribution in [2.24, 2.45) is 0 Å². The maximum atomic E-state index is 13.4. The molecule has 2 atom stereocenters. The molecule has 5 heteroatoms. The maximum Gasteiger partial charge on any atom is 0.191 e. The quantitative estimate of drug-likeness (QED) is 0.901. The molecule has 0 aliphatic carbocycles. The highest BCUT2D eigenvalue weighted by Crippen LogP contribution is 2.25. The van der Waals surface area contributed by atoms with Crippen molar-refractivity contribution in [3.63, 3.8) is 0 Å². The Morgan fingerprint density at radius 1 is 1.22 bits per heavy atom. The van der Waals surface area contributed by atoms with Crippen molar-refractivity contribution in [2.75, 3.05) is 6.54 Å². The molecule has 0 aromatic heterocycles. The molecule has 0 bridgehead atoms. The van der Waals surface area contributed by atoms with Crippen molar-refractivity contribution in [2.45, 2.75) is 38.3 Å². The number of piperidine rings is 1. The Bertz CT molecular complexity index is 396. The zero-order chi connectivity index (χ0) is 13.1. The van der Waals surface area contributed by atoms with Crippen LogP contribution in [0.5, 0.6) is 5.75 Å². The number of hydrogen-bond donors (Lipinski definition) is 1. The monoisotopic (exact) mass is 259 g/mol. The van der Waals surface area contributed by atoms with Crippen molar-refractivity contribution in [1.29, 1.82) is 0 Å². The van der Waals surface area contributed by atoms with Crippen LogP contribution in [0, 0.1) is 17.5 Å². The molecule has 1 aromatic carbocycles. The van der Waals surface area contributed by atoms with E-state index >= 15 is 0 Å². The molecule has 1 saturated heterocycles. The fourth-order valence-corrected chi connectivity index (χ4v) is 2.19. The first kappa shape index (κ1) is 13.2. The second kappa shape index (κ2) is 5.61. The van der Waals surface area contributed by atoms with Crippen LogP contribution < -0.4 is 10.1 Å². The second-order valence-electron chi connectivity index (χ2n) is 4.58. The highest BCUT2D eigenvalue weighted by molar-refractivity contribution is 5.27. The zero-order valence-electron chi connectivity index (χ0n) is 10.2. The Morgan fingerprint density at radius 3 is 2.44 bits per heavy atom. The SMILES string of the molecule is CC(Oc1c(F)cc(F)cc1F)C1CCCCN1. The highest BCUT2D eigenvalue weighted by atomic mass is 19.1. The molecule has 1 N–H and O–H groups in total. The summed E-state index contributed by atoms with van der Waals surface area (Å²) in [5.41, 5.74) is 0. The molecule has 2 unspecified atom stereocenters. The Labute approximate surface area is 104 Å². The molecule has 0 amide bonds. The molecule has 1 aliphatic heterocycles. The number of nitrogens with one attached hydrogen (secondary N) is 1. The summed E-state index contributed by atoms with van der Waals surface area (Å²) in [6.45, 7) is 2.64. The summed E-state index contributed by atoms with van der Waals surface area (Å²) in [5, 5.41) is 3.25. The molecule has 1 heterocycles. The average Bonchev–Trinajstić information content (AvgIpc) is 2.34. The third-order valence-electron chi connectivity index (χ3n) is 3.18. The minimum absolute atomic E-state index is 0.0719. The van der Waals surface area contributed by atoms with E-state index in [1.165, 1.54) is 0 Å². The molecular weight excluding hydrogens is 243 g/mol. The summed E-state index contributed by atoms with van der Waals surface area (Å²) < 4.78 is 44.9. The van der Waals surface area contributed by atoms with E-state index in [4.69, 9.17) is 4.74 Å². The summed E-state index contributed by atoms with van der Waals surface area (Å²) in [4.78, 5) is 0. The summed E-state index contributed by atoms with van der Waals surface area (Å²) >= 11 is 0. The van der Waals surface area contributed by atoms with E-state index in [0.29, 0.717) is 12.1 Å². The van der Waals surface area contributed by atoms with Gasteiger partial charge in [-0.1, -0.05) is 6.42 Å². The van der Waals surface area contributed by atoms with Gasteiger partial charge in [0.15, 0.2) is 17.4 Å². The van der Waals surface area contributed by atoms with Crippen LogP contribution in [0.15, 0.2) is 12.1 Å². The van der Waals surface area contributed by atoms with E-state index in [2.05, 4.69) is 5.32 Å². The average molecular weight is 259 g/mol. The molecule has 2 nitrogen and oxygen atoms in total. The van der Waals surface area contributed by atoms with Crippen LogP contribution in [0.1, 0.15) is 26.2 Å². The fourth-order valence-electron chi connectivity index (χ4n) is 2.19. The molecule has 1 aliphatic rings. The van der Waals surface area contributed by atoms with E-state index in [0.717, 1.165) is 25.8 Å². The Morgan fingerprint density at radius 2 is 1.89 bits per heavy atom. The predicted molar refractivity (Wildman–Crippen MR) is 62.0 cm³/mol. The number of halogens is 3. The minimum Gasteiger partial charge on any atom is -0.483 e. The van der Waals surface area contributed by atoms with Crippen LogP contribution in [-0.2, 0) is 0 Å². The Hall–Kier alpha value is -1.23. The van der Waals surface area contributed by atoms with Crippen LogP contribution in [0.2, 0.25) is 0 Å². The molecule has 0 saturated carbocycles. The first-order valence-corrected chi connectivity index (χ1v) is 6.12. The Kier molecular flexibility index (Phi) is 4.11. The molecule has 100 valence electrons. The van der Waals surface area contributed by atoms with Crippen LogP contribution in [0.4, 0.5) is 13.2 Å². The van der Waals surface area contributed by atoms with E-state index < -0.39 is 23.2 Å². The lowest BCUT2D eigenvalue weighted by atomic mass is 10.0. The lowest BCUT2D eigenvalue weighted by molar-refractivity contribution is 0.140. The third kappa shape index (κ3) is 2.96. The summed E-state index contributed by atoms with van der Waals surface area (Å²) in [7, 11) is 0. The topological polar surface area (TPSA) is 21.3 Å². The second-order valence-corrected chi connectivity index (χ2v) is 4.58. The van der Waals surface area contributed by atoms with Crippen LogP contribution in [-0.4, -0.2) is 18.7 Å². The molecule has 2 rings (SSSR count). The van der Waals surface area contributed by atoms with E-state index in [-0.39, 0.29) is 12.1 Å². The first-order chi connectivity index (χ1) is 8.58. The highest BCUT2D eigenvalue weighted by Gasteiger charge is 2.23. The van der Waals surface area contributed by atoms with Crippen molar-refractivity contribution >= 4 is 0 Å². The smallest absolute Gasteiger partial charge is 0.191 e. The van der Waals surface area contributed by atoms with Gasteiger partial charge in [-0.05, 0) is 26.3 Å². The van der Waals surface area contributed by atoms with Gasteiger partial charge in [0.25, 0.3) is 0 Å². The zero-order valence-corrected chi connectivity index (χ0v) is 10.2. The van der Waals surface area contributed by atoms with Crippen LogP contribution >= 0.6 is 0 Å². The van der Waals surface area contributed by atoms with Gasteiger partial charge in [-0.25, -0.2) is 13.2 Å². The Balaban J connectivity index is 2.08. The number of benzene rings is 1. The standard InChI is InChI=1S/C13H16F3NO/c1-8(12-4-2-3-5-17-12)18-13-10(15)6-9(14)7-11(13)16/h6-8,12,17H,2-5H2,1H3. The van der Waals surface area contributed by atoms with Gasteiger partial charge in [0.05, 0.1) is 0 Å². The molecule has 0 spiro atoms. The fraction of sp³-hybridized carbons (Fsp3) is 0.538. The van der Waals surface area contributed by atoms with Crippen molar-refractivity contribution in [3.8, 4) is 5.75 Å². The first-order valence-electron chi connectivity index (χ1n) is 6.12. The maximum absolute atomic E-state index is 13.4. The molecule has 0 radical (unpaired) electrons. The van der Waals surface area contributed by atoms with E-state index in [1.54, 1.807) is 6.92 Å². The lowest BCUT2D eigenvalue weighted by Crippen LogP contribution is -2.44. The van der Waals surface area contributed by atoms with Gasteiger partial charge in [0, 0.05) is 18.2 Å². The third-order valence-corrected chi connectivity index (χ3v) is 3.18. The number of ether oxygens (including phenoxy) is 1. The number of rotatable bonds is 3. The van der Waals surface area contributed by atoms with Gasteiger partial charge in [0.1, 0.15) is 11.9 Å². The van der Waals surface area contributed by atoms with Gasteiger partial charge in [-0.2, -0.15) is 0 Å². The van der Waals surface area contributed by atoms with E-state index in [9.17, 15) is 13.2 Å². The number of hydrogen-bond acceptors (Lipinski definition) is 2. The van der Waals surface area contributed by atoms with Gasteiger partial charge in [-0.3, -0.25) is 0 Å². The normalized spacial score (nSPS) is 21.7. The molecule has 18 heavy (non-hydrogen) atoms. The van der Waals surface area contributed by atoms with Crippen LogP contribution in [0.25, 0.3) is 0 Å². The molecule has 1 aromatic rings. The van der Waals surface area contributed by atoms with Gasteiger partial charge in [0.2, 0.25) is 0 Å².